The number of hydrogen-bond acceptors (Lipinski definition) is 3. The molecule has 5 nitrogen and oxygen atoms in total. The Morgan fingerprint density at radius 1 is 1.19 bits per heavy atom. The molecule has 1 saturated carbocycles. The highest BCUT2D eigenvalue weighted by Gasteiger charge is 2.16. The van der Waals surface area contributed by atoms with Crippen molar-refractivity contribution in [2.75, 3.05) is 52.9 Å². The molecule has 0 aromatic rings. The van der Waals surface area contributed by atoms with Gasteiger partial charge in [0.25, 0.3) is 0 Å². The Morgan fingerprint density at radius 3 is 2.71 bits per heavy atom. The van der Waals surface area contributed by atoms with E-state index < -0.39 is 0 Å². The van der Waals surface area contributed by atoms with Gasteiger partial charge in [-0.05, 0) is 58.3 Å². The van der Waals surface area contributed by atoms with Gasteiger partial charge in [-0.25, -0.2) is 0 Å². The van der Waals surface area contributed by atoms with Crippen LogP contribution < -0.4 is 11.1 Å². The van der Waals surface area contributed by atoms with Crippen molar-refractivity contribution in [1.29, 1.82) is 0 Å². The maximum absolute atomic E-state index is 5.88. The zero-order valence-electron chi connectivity index (χ0n) is 13.4. The topological polar surface area (TPSA) is 56.9 Å². The highest BCUT2D eigenvalue weighted by atomic mass is 127. The molecular weight excluding hydrogens is 377 g/mol. The SMILES string of the molecule is CN1CCCN(CCCNC(N)=NCC2CCC2)CC1.I. The van der Waals surface area contributed by atoms with E-state index in [1.165, 1.54) is 51.9 Å². The van der Waals surface area contributed by atoms with Crippen LogP contribution in [0.25, 0.3) is 0 Å². The van der Waals surface area contributed by atoms with Crippen LogP contribution in [0.1, 0.15) is 32.1 Å². The number of guanidine groups is 1. The largest absolute Gasteiger partial charge is 0.370 e. The van der Waals surface area contributed by atoms with Crippen LogP contribution in [0.4, 0.5) is 0 Å². The summed E-state index contributed by atoms with van der Waals surface area (Å²) in [7, 11) is 2.21. The van der Waals surface area contributed by atoms with Crippen LogP contribution in [0, 0.1) is 5.92 Å². The van der Waals surface area contributed by atoms with E-state index in [-0.39, 0.29) is 24.0 Å². The summed E-state index contributed by atoms with van der Waals surface area (Å²) in [6.45, 7) is 7.87. The van der Waals surface area contributed by atoms with E-state index in [0.29, 0.717) is 5.96 Å². The number of aliphatic imine (C=N–C) groups is 1. The van der Waals surface area contributed by atoms with Crippen molar-refractivity contribution in [3.05, 3.63) is 0 Å². The number of nitrogens with zero attached hydrogens (tertiary/aromatic N) is 3. The van der Waals surface area contributed by atoms with Gasteiger partial charge in [0.2, 0.25) is 0 Å². The van der Waals surface area contributed by atoms with Gasteiger partial charge < -0.3 is 20.9 Å². The monoisotopic (exact) mass is 409 g/mol. The van der Waals surface area contributed by atoms with Crippen LogP contribution in [-0.4, -0.2) is 68.6 Å². The fourth-order valence-electron chi connectivity index (χ4n) is 2.80. The first kappa shape index (κ1) is 19.0. The van der Waals surface area contributed by atoms with Gasteiger partial charge in [-0.3, -0.25) is 4.99 Å². The summed E-state index contributed by atoms with van der Waals surface area (Å²) < 4.78 is 0. The zero-order valence-corrected chi connectivity index (χ0v) is 15.7. The first-order chi connectivity index (χ1) is 9.74. The van der Waals surface area contributed by atoms with Crippen molar-refractivity contribution in [2.24, 2.45) is 16.6 Å². The number of hydrogen-bond donors (Lipinski definition) is 2. The van der Waals surface area contributed by atoms with Gasteiger partial charge in [-0.1, -0.05) is 6.42 Å². The molecule has 0 amide bonds. The van der Waals surface area contributed by atoms with E-state index in [1.54, 1.807) is 0 Å². The van der Waals surface area contributed by atoms with Gasteiger partial charge in [0.15, 0.2) is 5.96 Å². The van der Waals surface area contributed by atoms with Gasteiger partial charge in [-0.15, -0.1) is 24.0 Å². The van der Waals surface area contributed by atoms with Crippen molar-refractivity contribution in [3.63, 3.8) is 0 Å². The molecule has 2 fully saturated rings. The molecule has 0 spiro atoms. The Balaban J connectivity index is 0.00000220. The number of nitrogens with one attached hydrogen (secondary N) is 1. The van der Waals surface area contributed by atoms with E-state index >= 15 is 0 Å². The van der Waals surface area contributed by atoms with Gasteiger partial charge >= 0.3 is 0 Å². The number of likely N-dealkylation sites (N-methyl/N-ethyl adjacent to an activating group) is 1. The summed E-state index contributed by atoms with van der Waals surface area (Å²) in [6, 6.07) is 0. The molecule has 1 aliphatic heterocycles. The lowest BCUT2D eigenvalue weighted by molar-refractivity contribution is 0.274. The summed E-state index contributed by atoms with van der Waals surface area (Å²) >= 11 is 0. The van der Waals surface area contributed by atoms with Gasteiger partial charge in [0.05, 0.1) is 0 Å². The van der Waals surface area contributed by atoms with Crippen molar-refractivity contribution in [1.82, 2.24) is 15.1 Å². The smallest absolute Gasteiger partial charge is 0.188 e. The molecular formula is C15H32IN5. The third-order valence-corrected chi connectivity index (χ3v) is 4.51. The molecule has 0 atom stereocenters. The number of halogens is 1. The van der Waals surface area contributed by atoms with E-state index in [1.807, 2.05) is 0 Å². The Bertz CT molecular complexity index is 306. The fraction of sp³-hybridized carbons (Fsp3) is 0.933. The summed E-state index contributed by atoms with van der Waals surface area (Å²) in [6.07, 6.45) is 6.47. The van der Waals surface area contributed by atoms with Crippen molar-refractivity contribution in [2.45, 2.75) is 32.1 Å². The van der Waals surface area contributed by atoms with E-state index in [4.69, 9.17) is 5.73 Å². The lowest BCUT2D eigenvalue weighted by Gasteiger charge is -2.23. The molecule has 0 bridgehead atoms. The second kappa shape index (κ2) is 10.6. The number of nitrogens with two attached hydrogens (primary N) is 1. The highest BCUT2D eigenvalue weighted by molar-refractivity contribution is 14.0. The molecule has 2 rings (SSSR count). The predicted octanol–water partition coefficient (Wildman–Crippen LogP) is 1.34. The highest BCUT2D eigenvalue weighted by Crippen LogP contribution is 2.26. The molecule has 0 aromatic carbocycles. The van der Waals surface area contributed by atoms with Gasteiger partial charge in [-0.2, -0.15) is 0 Å². The molecule has 0 aromatic heterocycles. The lowest BCUT2D eigenvalue weighted by Crippen LogP contribution is -2.36. The first-order valence-corrected chi connectivity index (χ1v) is 8.19. The van der Waals surface area contributed by atoms with Crippen LogP contribution in [0.5, 0.6) is 0 Å². The molecule has 0 unspecified atom stereocenters. The van der Waals surface area contributed by atoms with Crippen molar-refractivity contribution >= 4 is 29.9 Å². The van der Waals surface area contributed by atoms with E-state index in [2.05, 4.69) is 27.2 Å². The molecule has 1 heterocycles. The quantitative estimate of drug-likeness (QED) is 0.301. The third kappa shape index (κ3) is 7.65. The minimum absolute atomic E-state index is 0. The van der Waals surface area contributed by atoms with Crippen LogP contribution >= 0.6 is 24.0 Å². The Hall–Kier alpha value is -0.0800. The van der Waals surface area contributed by atoms with Crippen molar-refractivity contribution < 1.29 is 0 Å². The first-order valence-electron chi connectivity index (χ1n) is 8.19. The Morgan fingerprint density at radius 2 is 2.00 bits per heavy atom. The molecule has 6 heteroatoms. The maximum atomic E-state index is 5.88. The van der Waals surface area contributed by atoms with Crippen LogP contribution in [0.2, 0.25) is 0 Å². The minimum atomic E-state index is 0. The zero-order chi connectivity index (χ0) is 14.2. The van der Waals surface area contributed by atoms with E-state index in [9.17, 15) is 0 Å². The average molecular weight is 409 g/mol. The third-order valence-electron chi connectivity index (χ3n) is 4.51. The second-order valence-corrected chi connectivity index (χ2v) is 6.30. The van der Waals surface area contributed by atoms with Gasteiger partial charge in [0.1, 0.15) is 0 Å². The Kier molecular flexibility index (Phi) is 9.59. The molecule has 0 radical (unpaired) electrons. The standard InChI is InChI=1S/C15H31N5.HI/c1-19-8-4-10-20(12-11-19)9-3-7-17-15(16)18-13-14-5-2-6-14;/h14H,2-13H2,1H3,(H3,16,17,18);1H. The van der Waals surface area contributed by atoms with E-state index in [0.717, 1.165) is 32.0 Å². The molecule has 2 aliphatic rings. The lowest BCUT2D eigenvalue weighted by atomic mass is 9.86. The molecule has 1 aliphatic carbocycles. The fourth-order valence-corrected chi connectivity index (χ4v) is 2.80. The summed E-state index contributed by atoms with van der Waals surface area (Å²) in [5.41, 5.74) is 5.88. The van der Waals surface area contributed by atoms with Crippen LogP contribution in [0.15, 0.2) is 4.99 Å². The molecule has 1 saturated heterocycles. The summed E-state index contributed by atoms with van der Waals surface area (Å²) in [5, 5.41) is 3.24. The van der Waals surface area contributed by atoms with Crippen LogP contribution in [-0.2, 0) is 0 Å². The summed E-state index contributed by atoms with van der Waals surface area (Å²) in [5.74, 6) is 1.43. The summed E-state index contributed by atoms with van der Waals surface area (Å²) in [4.78, 5) is 9.40. The normalized spacial score (nSPS) is 22.2. The Labute approximate surface area is 146 Å². The molecule has 3 N–H and O–H groups in total. The molecule has 124 valence electrons. The number of rotatable bonds is 6. The van der Waals surface area contributed by atoms with Crippen molar-refractivity contribution in [3.8, 4) is 0 Å². The van der Waals surface area contributed by atoms with Crippen LogP contribution in [0.3, 0.4) is 0 Å². The predicted molar refractivity (Wildman–Crippen MR) is 100 cm³/mol. The molecule has 21 heavy (non-hydrogen) atoms. The van der Waals surface area contributed by atoms with Gasteiger partial charge in [0, 0.05) is 26.2 Å². The maximum Gasteiger partial charge on any atom is 0.188 e. The second-order valence-electron chi connectivity index (χ2n) is 6.30. The average Bonchev–Trinajstić information content (AvgIpc) is 2.58. The minimum Gasteiger partial charge on any atom is -0.370 e.